The molecule has 0 saturated heterocycles. The van der Waals surface area contributed by atoms with Gasteiger partial charge in [-0.1, -0.05) is 25.2 Å². The molecule has 26 heavy (non-hydrogen) atoms. The lowest BCUT2D eigenvalue weighted by Crippen LogP contribution is -1.98. The molecule has 0 radical (unpaired) electrons. The molecule has 0 saturated carbocycles. The van der Waals surface area contributed by atoms with Gasteiger partial charge in [-0.3, -0.25) is 4.68 Å². The number of halogens is 2. The third-order valence-corrected chi connectivity index (χ3v) is 4.86. The summed E-state index contributed by atoms with van der Waals surface area (Å²) in [4.78, 5) is 0.575. The van der Waals surface area contributed by atoms with E-state index in [9.17, 15) is 8.78 Å². The molecule has 0 fully saturated rings. The van der Waals surface area contributed by atoms with Crippen molar-refractivity contribution >= 4 is 16.3 Å². The highest BCUT2D eigenvalue weighted by Gasteiger charge is 2.18. The van der Waals surface area contributed by atoms with Gasteiger partial charge in [0.15, 0.2) is 22.5 Å². The van der Waals surface area contributed by atoms with Gasteiger partial charge >= 0.3 is 0 Å². The van der Waals surface area contributed by atoms with Gasteiger partial charge in [-0.15, -0.1) is 10.2 Å². The lowest BCUT2D eigenvalue weighted by molar-refractivity contribution is 0.509. The maximum Gasteiger partial charge on any atom is 0.235 e. The molecule has 0 amide bonds. The van der Waals surface area contributed by atoms with E-state index >= 15 is 0 Å². The highest BCUT2D eigenvalue weighted by atomic mass is 32.1. The van der Waals surface area contributed by atoms with Crippen LogP contribution in [0.1, 0.15) is 19.5 Å². The molecule has 0 aliphatic rings. The molecule has 0 aliphatic heterocycles. The second-order valence-electron chi connectivity index (χ2n) is 6.50. The van der Waals surface area contributed by atoms with E-state index in [1.165, 1.54) is 17.4 Å². The van der Waals surface area contributed by atoms with Crippen LogP contribution in [0.4, 0.5) is 8.78 Å². The average molecular weight is 374 g/mol. The minimum absolute atomic E-state index is 0.367. The van der Waals surface area contributed by atoms with Crippen LogP contribution < -0.4 is 0 Å². The normalized spacial score (nSPS) is 11.8. The SMILES string of the molecule is CC(C)Cc1cc(-c2nn3c(-c4ccc(F)c(F)c4)nnc3s2)n(C)n1. The third-order valence-electron chi connectivity index (χ3n) is 3.94. The quantitative estimate of drug-likeness (QED) is 0.546. The van der Waals surface area contributed by atoms with Gasteiger partial charge < -0.3 is 0 Å². The van der Waals surface area contributed by atoms with Crippen molar-refractivity contribution in [3.05, 3.63) is 41.6 Å². The van der Waals surface area contributed by atoms with Crippen molar-refractivity contribution in [1.82, 2.24) is 29.6 Å². The van der Waals surface area contributed by atoms with Crippen LogP contribution in [0.2, 0.25) is 0 Å². The number of fused-ring (bicyclic) bond motifs is 1. The number of aryl methyl sites for hydroxylation is 1. The van der Waals surface area contributed by atoms with Gasteiger partial charge in [-0.25, -0.2) is 8.78 Å². The van der Waals surface area contributed by atoms with E-state index < -0.39 is 11.6 Å². The predicted octanol–water partition coefficient (Wildman–Crippen LogP) is 3.73. The van der Waals surface area contributed by atoms with Gasteiger partial charge in [0.25, 0.3) is 0 Å². The Bertz CT molecular complexity index is 1090. The second-order valence-corrected chi connectivity index (χ2v) is 7.45. The van der Waals surface area contributed by atoms with Gasteiger partial charge in [0.05, 0.1) is 11.4 Å². The molecule has 0 N–H and O–H groups in total. The smallest absolute Gasteiger partial charge is 0.235 e. The summed E-state index contributed by atoms with van der Waals surface area (Å²) in [5.41, 5.74) is 2.30. The molecule has 9 heteroatoms. The molecular formula is C17H16F2N6S. The van der Waals surface area contributed by atoms with Crippen LogP contribution in [0.3, 0.4) is 0 Å². The summed E-state index contributed by atoms with van der Waals surface area (Å²) in [6.45, 7) is 4.29. The Balaban J connectivity index is 1.76. The zero-order valence-corrected chi connectivity index (χ0v) is 15.3. The minimum Gasteiger partial charge on any atom is -0.265 e. The van der Waals surface area contributed by atoms with Gasteiger partial charge in [0.1, 0.15) is 0 Å². The average Bonchev–Trinajstić information content (AvgIpc) is 3.23. The summed E-state index contributed by atoms with van der Waals surface area (Å²) in [5.74, 6) is -0.956. The first-order valence-electron chi connectivity index (χ1n) is 8.13. The standard InChI is InChI=1S/C17H16F2N6S/c1-9(2)6-11-8-14(24(3)22-11)16-23-25-15(20-21-17(25)26-16)10-4-5-12(18)13(19)7-10/h4-5,7-9H,6H2,1-3H3. The van der Waals surface area contributed by atoms with Crippen LogP contribution in [0.15, 0.2) is 24.3 Å². The second kappa shape index (κ2) is 6.24. The minimum atomic E-state index is -0.931. The molecule has 4 aromatic rings. The number of nitrogens with zero attached hydrogens (tertiary/aromatic N) is 6. The van der Waals surface area contributed by atoms with Crippen molar-refractivity contribution < 1.29 is 8.78 Å². The topological polar surface area (TPSA) is 60.9 Å². The maximum absolute atomic E-state index is 13.5. The summed E-state index contributed by atoms with van der Waals surface area (Å²) in [6, 6.07) is 5.63. The molecule has 4 rings (SSSR count). The zero-order chi connectivity index (χ0) is 18.4. The highest BCUT2D eigenvalue weighted by Crippen LogP contribution is 2.29. The number of hydrogen-bond acceptors (Lipinski definition) is 5. The van der Waals surface area contributed by atoms with Crippen LogP contribution in [0.5, 0.6) is 0 Å². The molecule has 134 valence electrons. The zero-order valence-electron chi connectivity index (χ0n) is 14.4. The van der Waals surface area contributed by atoms with Crippen LogP contribution in [0.25, 0.3) is 27.1 Å². The van der Waals surface area contributed by atoms with Gasteiger partial charge in [0.2, 0.25) is 4.96 Å². The Morgan fingerprint density at radius 2 is 1.88 bits per heavy atom. The first-order chi connectivity index (χ1) is 12.4. The molecule has 3 aromatic heterocycles. The molecule has 0 spiro atoms. The first kappa shape index (κ1) is 16.8. The fourth-order valence-corrected chi connectivity index (χ4v) is 3.67. The third kappa shape index (κ3) is 2.88. The molecule has 1 aromatic carbocycles. The maximum atomic E-state index is 13.5. The Kier molecular flexibility index (Phi) is 4.03. The Labute approximate surface area is 152 Å². The van der Waals surface area contributed by atoms with Crippen LogP contribution in [-0.4, -0.2) is 29.6 Å². The van der Waals surface area contributed by atoms with Crippen LogP contribution in [0, 0.1) is 17.6 Å². The molecular weight excluding hydrogens is 358 g/mol. The van der Waals surface area contributed by atoms with Crippen LogP contribution >= 0.6 is 11.3 Å². The van der Waals surface area contributed by atoms with Crippen molar-refractivity contribution in [1.29, 1.82) is 0 Å². The van der Waals surface area contributed by atoms with Gasteiger partial charge in [-0.2, -0.15) is 14.7 Å². The number of hydrogen-bond donors (Lipinski definition) is 0. The summed E-state index contributed by atoms with van der Waals surface area (Å²) >= 11 is 1.37. The van der Waals surface area contributed by atoms with Crippen LogP contribution in [-0.2, 0) is 13.5 Å². The van der Waals surface area contributed by atoms with E-state index in [-0.39, 0.29) is 0 Å². The largest absolute Gasteiger partial charge is 0.265 e. The van der Waals surface area contributed by atoms with E-state index in [1.807, 2.05) is 13.1 Å². The lowest BCUT2D eigenvalue weighted by atomic mass is 10.1. The van der Waals surface area contributed by atoms with Gasteiger partial charge in [0, 0.05) is 12.6 Å². The van der Waals surface area contributed by atoms with Crippen molar-refractivity contribution in [2.75, 3.05) is 0 Å². The molecule has 6 nitrogen and oxygen atoms in total. The van der Waals surface area contributed by atoms with E-state index in [4.69, 9.17) is 0 Å². The fourth-order valence-electron chi connectivity index (χ4n) is 2.78. The monoisotopic (exact) mass is 374 g/mol. The predicted molar refractivity (Wildman–Crippen MR) is 94.8 cm³/mol. The summed E-state index contributed by atoms with van der Waals surface area (Å²) < 4.78 is 30.1. The molecule has 0 atom stereocenters. The highest BCUT2D eigenvalue weighted by molar-refractivity contribution is 7.19. The van der Waals surface area contributed by atoms with E-state index in [1.54, 1.807) is 9.20 Å². The Morgan fingerprint density at radius 3 is 2.62 bits per heavy atom. The van der Waals surface area contributed by atoms with Crippen molar-refractivity contribution in [3.8, 4) is 22.1 Å². The van der Waals surface area contributed by atoms with Crippen molar-refractivity contribution in [2.24, 2.45) is 13.0 Å². The number of benzene rings is 1. The summed E-state index contributed by atoms with van der Waals surface area (Å²) in [7, 11) is 1.87. The molecule has 0 bridgehead atoms. The van der Waals surface area contributed by atoms with E-state index in [2.05, 4.69) is 34.2 Å². The fraction of sp³-hybridized carbons (Fsp3) is 0.294. The van der Waals surface area contributed by atoms with Crippen molar-refractivity contribution in [3.63, 3.8) is 0 Å². The Hall–Kier alpha value is -2.68. The molecule has 0 unspecified atom stereocenters. The Morgan fingerprint density at radius 1 is 1.08 bits per heavy atom. The molecule has 0 aliphatic carbocycles. The number of aromatic nitrogens is 6. The lowest BCUT2D eigenvalue weighted by Gasteiger charge is -1.98. The summed E-state index contributed by atoms with van der Waals surface area (Å²) in [6.07, 6.45) is 0.887. The van der Waals surface area contributed by atoms with E-state index in [0.717, 1.165) is 34.9 Å². The first-order valence-corrected chi connectivity index (χ1v) is 8.95. The van der Waals surface area contributed by atoms with E-state index in [0.29, 0.717) is 22.3 Å². The summed E-state index contributed by atoms with van der Waals surface area (Å²) in [5, 5.41) is 18.0. The number of rotatable bonds is 4. The van der Waals surface area contributed by atoms with Crippen molar-refractivity contribution in [2.45, 2.75) is 20.3 Å². The molecule has 3 heterocycles. The van der Waals surface area contributed by atoms with Gasteiger partial charge in [-0.05, 0) is 36.6 Å².